The summed E-state index contributed by atoms with van der Waals surface area (Å²) >= 11 is 0. The number of nitrogens with one attached hydrogen (secondary N) is 1. The van der Waals surface area contributed by atoms with Crippen LogP contribution < -0.4 is 10.1 Å². The zero-order valence-corrected chi connectivity index (χ0v) is 10.6. The Bertz CT molecular complexity index is 427. The summed E-state index contributed by atoms with van der Waals surface area (Å²) in [7, 11) is 0. The fraction of sp³-hybridized carbons (Fsp3) is 0.500. The molecule has 2 N–H and O–H groups in total. The average Bonchev–Trinajstić information content (AvgIpc) is 3.17. The first-order valence-corrected chi connectivity index (χ1v) is 6.31. The Hall–Kier alpha value is -1.55. The van der Waals surface area contributed by atoms with E-state index in [1.165, 1.54) is 5.56 Å². The molecule has 1 saturated carbocycles. The van der Waals surface area contributed by atoms with Gasteiger partial charge < -0.3 is 15.2 Å². The van der Waals surface area contributed by atoms with Crippen molar-refractivity contribution in [1.29, 1.82) is 0 Å². The number of hydrogen-bond donors (Lipinski definition) is 2. The van der Waals surface area contributed by atoms with Crippen LogP contribution in [0.4, 0.5) is 0 Å². The zero-order chi connectivity index (χ0) is 13.0. The van der Waals surface area contributed by atoms with Crippen LogP contribution >= 0.6 is 0 Å². The third-order valence-corrected chi connectivity index (χ3v) is 3.24. The lowest BCUT2D eigenvalue weighted by atomic mass is 10.2. The summed E-state index contributed by atoms with van der Waals surface area (Å²) in [6, 6.07) is 7.72. The molecular formula is C14H19NO3. The van der Waals surface area contributed by atoms with Crippen molar-refractivity contribution < 1.29 is 14.6 Å². The SMILES string of the molecule is CCc1cccc(OCC(=O)NC2(CO)CC2)c1. The van der Waals surface area contributed by atoms with Gasteiger partial charge >= 0.3 is 0 Å². The molecule has 1 aromatic carbocycles. The standard InChI is InChI=1S/C14H19NO3/c1-2-11-4-3-5-12(8-11)18-9-13(17)15-14(10-16)6-7-14/h3-5,8,16H,2,6-7,9-10H2,1H3,(H,15,17). The topological polar surface area (TPSA) is 58.6 Å². The zero-order valence-electron chi connectivity index (χ0n) is 10.6. The lowest BCUT2D eigenvalue weighted by Crippen LogP contribution is -2.42. The number of aryl methyl sites for hydroxylation is 1. The molecule has 0 bridgehead atoms. The normalized spacial score (nSPS) is 16.1. The molecule has 1 aromatic rings. The molecule has 1 aliphatic carbocycles. The molecule has 18 heavy (non-hydrogen) atoms. The summed E-state index contributed by atoms with van der Waals surface area (Å²) in [5.74, 6) is 0.529. The lowest BCUT2D eigenvalue weighted by molar-refractivity contribution is -0.124. The van der Waals surface area contributed by atoms with Crippen LogP contribution in [0.1, 0.15) is 25.3 Å². The molecule has 0 aromatic heterocycles. The van der Waals surface area contributed by atoms with Gasteiger partial charge in [0.05, 0.1) is 12.1 Å². The van der Waals surface area contributed by atoms with Crippen molar-refractivity contribution in [2.75, 3.05) is 13.2 Å². The van der Waals surface area contributed by atoms with Gasteiger partial charge in [-0.3, -0.25) is 4.79 Å². The number of benzene rings is 1. The van der Waals surface area contributed by atoms with Crippen molar-refractivity contribution in [2.45, 2.75) is 31.7 Å². The van der Waals surface area contributed by atoms with Crippen molar-refractivity contribution in [3.8, 4) is 5.75 Å². The lowest BCUT2D eigenvalue weighted by Gasteiger charge is -2.14. The number of ether oxygens (including phenoxy) is 1. The Morgan fingerprint density at radius 3 is 2.89 bits per heavy atom. The second-order valence-electron chi connectivity index (χ2n) is 4.78. The van der Waals surface area contributed by atoms with Crippen LogP contribution in [0.5, 0.6) is 5.75 Å². The van der Waals surface area contributed by atoms with Gasteiger partial charge in [-0.05, 0) is 37.0 Å². The molecule has 1 fully saturated rings. The number of carbonyl (C=O) groups excluding carboxylic acids is 1. The van der Waals surface area contributed by atoms with Crippen LogP contribution in [0.2, 0.25) is 0 Å². The van der Waals surface area contributed by atoms with Crippen LogP contribution in [0.25, 0.3) is 0 Å². The van der Waals surface area contributed by atoms with E-state index in [4.69, 9.17) is 9.84 Å². The summed E-state index contributed by atoms with van der Waals surface area (Å²) < 4.78 is 5.43. The molecule has 1 amide bonds. The maximum atomic E-state index is 11.6. The van der Waals surface area contributed by atoms with Gasteiger partial charge in [-0.15, -0.1) is 0 Å². The van der Waals surface area contributed by atoms with Crippen LogP contribution in [-0.4, -0.2) is 29.8 Å². The summed E-state index contributed by atoms with van der Waals surface area (Å²) in [4.78, 5) is 11.6. The first-order chi connectivity index (χ1) is 8.67. The molecule has 0 saturated heterocycles. The highest BCUT2D eigenvalue weighted by Crippen LogP contribution is 2.34. The number of aliphatic hydroxyl groups is 1. The largest absolute Gasteiger partial charge is 0.484 e. The molecule has 0 radical (unpaired) electrons. The Kier molecular flexibility index (Phi) is 3.87. The van der Waals surface area contributed by atoms with Gasteiger partial charge in [0.25, 0.3) is 5.91 Å². The minimum atomic E-state index is -0.369. The third kappa shape index (κ3) is 3.23. The van der Waals surface area contributed by atoms with E-state index in [1.54, 1.807) is 0 Å². The van der Waals surface area contributed by atoms with Gasteiger partial charge in [-0.1, -0.05) is 19.1 Å². The van der Waals surface area contributed by atoms with Gasteiger partial charge in [0, 0.05) is 0 Å². The number of carbonyl (C=O) groups is 1. The van der Waals surface area contributed by atoms with Crippen molar-refractivity contribution in [3.05, 3.63) is 29.8 Å². The monoisotopic (exact) mass is 249 g/mol. The molecule has 4 nitrogen and oxygen atoms in total. The molecule has 0 spiro atoms. The van der Waals surface area contributed by atoms with Crippen LogP contribution in [0, 0.1) is 0 Å². The molecule has 98 valence electrons. The first kappa shape index (κ1) is 12.9. The summed E-state index contributed by atoms with van der Waals surface area (Å²) in [6.45, 7) is 2.07. The molecule has 0 heterocycles. The Labute approximate surface area is 107 Å². The van der Waals surface area contributed by atoms with Gasteiger partial charge in [0.2, 0.25) is 0 Å². The molecule has 1 aliphatic rings. The van der Waals surface area contributed by atoms with Crippen molar-refractivity contribution in [2.24, 2.45) is 0 Å². The van der Waals surface area contributed by atoms with E-state index in [1.807, 2.05) is 24.3 Å². The van der Waals surface area contributed by atoms with Crippen LogP contribution in [0.3, 0.4) is 0 Å². The molecule has 0 unspecified atom stereocenters. The molecular weight excluding hydrogens is 230 g/mol. The van der Waals surface area contributed by atoms with E-state index >= 15 is 0 Å². The summed E-state index contributed by atoms with van der Waals surface area (Å²) in [5, 5.41) is 11.9. The highest BCUT2D eigenvalue weighted by molar-refractivity contribution is 5.78. The van der Waals surface area contributed by atoms with E-state index in [9.17, 15) is 4.79 Å². The van der Waals surface area contributed by atoms with Crippen LogP contribution in [-0.2, 0) is 11.2 Å². The summed E-state index contributed by atoms with van der Waals surface area (Å²) in [5.41, 5.74) is 0.813. The van der Waals surface area contributed by atoms with Gasteiger partial charge in [-0.25, -0.2) is 0 Å². The number of aliphatic hydroxyl groups excluding tert-OH is 1. The quantitative estimate of drug-likeness (QED) is 0.798. The predicted octanol–water partition coefficient (Wildman–Crippen LogP) is 1.27. The van der Waals surface area contributed by atoms with Crippen molar-refractivity contribution in [3.63, 3.8) is 0 Å². The molecule has 0 atom stereocenters. The maximum absolute atomic E-state index is 11.6. The first-order valence-electron chi connectivity index (χ1n) is 6.31. The fourth-order valence-corrected chi connectivity index (χ4v) is 1.81. The minimum Gasteiger partial charge on any atom is -0.484 e. The number of amides is 1. The van der Waals surface area contributed by atoms with E-state index in [-0.39, 0.29) is 24.7 Å². The molecule has 2 rings (SSSR count). The molecule has 4 heteroatoms. The highest BCUT2D eigenvalue weighted by Gasteiger charge is 2.43. The van der Waals surface area contributed by atoms with Crippen LogP contribution in [0.15, 0.2) is 24.3 Å². The second kappa shape index (κ2) is 5.40. The highest BCUT2D eigenvalue weighted by atomic mass is 16.5. The molecule has 0 aliphatic heterocycles. The van der Waals surface area contributed by atoms with E-state index in [0.29, 0.717) is 5.75 Å². The Morgan fingerprint density at radius 2 is 2.28 bits per heavy atom. The van der Waals surface area contributed by atoms with Crippen molar-refractivity contribution in [1.82, 2.24) is 5.32 Å². The van der Waals surface area contributed by atoms with E-state index < -0.39 is 0 Å². The van der Waals surface area contributed by atoms with E-state index in [2.05, 4.69) is 12.2 Å². The summed E-state index contributed by atoms with van der Waals surface area (Å²) in [6.07, 6.45) is 2.64. The minimum absolute atomic E-state index is 0.00403. The predicted molar refractivity (Wildman–Crippen MR) is 68.5 cm³/mol. The van der Waals surface area contributed by atoms with Gasteiger partial charge in [-0.2, -0.15) is 0 Å². The maximum Gasteiger partial charge on any atom is 0.258 e. The Morgan fingerprint density at radius 1 is 1.50 bits per heavy atom. The average molecular weight is 249 g/mol. The fourth-order valence-electron chi connectivity index (χ4n) is 1.81. The Balaban J connectivity index is 1.81. The second-order valence-corrected chi connectivity index (χ2v) is 4.78. The van der Waals surface area contributed by atoms with Gasteiger partial charge in [0.15, 0.2) is 6.61 Å². The number of rotatable bonds is 6. The number of hydrogen-bond acceptors (Lipinski definition) is 3. The van der Waals surface area contributed by atoms with Crippen molar-refractivity contribution >= 4 is 5.91 Å². The van der Waals surface area contributed by atoms with Gasteiger partial charge in [0.1, 0.15) is 5.75 Å². The smallest absolute Gasteiger partial charge is 0.258 e. The van der Waals surface area contributed by atoms with E-state index in [0.717, 1.165) is 19.3 Å². The third-order valence-electron chi connectivity index (χ3n) is 3.24.